The van der Waals surface area contributed by atoms with Crippen LogP contribution in [0.3, 0.4) is 0 Å². The summed E-state index contributed by atoms with van der Waals surface area (Å²) in [6.07, 6.45) is 7.28. The van der Waals surface area contributed by atoms with E-state index in [4.69, 9.17) is 5.73 Å². The Morgan fingerprint density at radius 2 is 2.12 bits per heavy atom. The number of rotatable bonds is 5. The molecule has 0 fully saturated rings. The minimum atomic E-state index is 0. The maximum Gasteiger partial charge on any atom is 0.191 e. The number of hydrogen-bond acceptors (Lipinski definition) is 1. The van der Waals surface area contributed by atoms with E-state index in [1.165, 1.54) is 19.3 Å². The summed E-state index contributed by atoms with van der Waals surface area (Å²) in [7, 11) is 0. The van der Waals surface area contributed by atoms with Crippen LogP contribution in [0.5, 0.6) is 0 Å². The molecular weight excluding hydrogens is 313 g/mol. The van der Waals surface area contributed by atoms with E-state index in [1.54, 1.807) is 5.57 Å². The molecule has 0 saturated heterocycles. The maximum atomic E-state index is 5.88. The Kier molecular flexibility index (Phi) is 8.70. The molecule has 16 heavy (non-hydrogen) atoms. The van der Waals surface area contributed by atoms with Crippen LogP contribution < -0.4 is 5.73 Å². The average molecular weight is 337 g/mol. The van der Waals surface area contributed by atoms with Crippen molar-refractivity contribution in [3.8, 4) is 0 Å². The van der Waals surface area contributed by atoms with Crippen molar-refractivity contribution >= 4 is 29.9 Å². The normalized spacial score (nSPS) is 15.6. The van der Waals surface area contributed by atoms with Gasteiger partial charge in [0.2, 0.25) is 0 Å². The van der Waals surface area contributed by atoms with Gasteiger partial charge in [-0.15, -0.1) is 24.0 Å². The lowest BCUT2D eigenvalue weighted by atomic mass is 10.2. The number of guanidine groups is 1. The number of aliphatic imine (C=N–C) groups is 1. The third kappa shape index (κ3) is 5.18. The molecule has 0 aromatic carbocycles. The van der Waals surface area contributed by atoms with E-state index >= 15 is 0 Å². The predicted molar refractivity (Wildman–Crippen MR) is 81.4 cm³/mol. The van der Waals surface area contributed by atoms with Gasteiger partial charge in [-0.3, -0.25) is 4.99 Å². The van der Waals surface area contributed by atoms with Crippen LogP contribution in [-0.2, 0) is 0 Å². The Morgan fingerprint density at radius 3 is 2.62 bits per heavy atom. The summed E-state index contributed by atoms with van der Waals surface area (Å²) in [5.41, 5.74) is 7.44. The maximum absolute atomic E-state index is 5.88. The van der Waals surface area contributed by atoms with Crippen molar-refractivity contribution in [1.29, 1.82) is 0 Å². The Morgan fingerprint density at radius 1 is 1.44 bits per heavy atom. The van der Waals surface area contributed by atoms with Crippen molar-refractivity contribution in [3.05, 3.63) is 11.6 Å². The molecule has 0 unspecified atom stereocenters. The van der Waals surface area contributed by atoms with Crippen molar-refractivity contribution in [1.82, 2.24) is 4.90 Å². The summed E-state index contributed by atoms with van der Waals surface area (Å²) in [6, 6.07) is 0. The summed E-state index contributed by atoms with van der Waals surface area (Å²) >= 11 is 0. The number of nitrogens with zero attached hydrogens (tertiary/aromatic N) is 2. The van der Waals surface area contributed by atoms with Crippen LogP contribution in [0.15, 0.2) is 16.6 Å². The molecule has 2 N–H and O–H groups in total. The Bertz CT molecular complexity index is 245. The SMILES string of the molecule is CCN(CC)C(N)=NCCC1=CCCC1.I. The van der Waals surface area contributed by atoms with Crippen LogP contribution in [0.4, 0.5) is 0 Å². The second-order valence-corrected chi connectivity index (χ2v) is 3.92. The minimum Gasteiger partial charge on any atom is -0.370 e. The summed E-state index contributed by atoms with van der Waals surface area (Å²) in [5, 5.41) is 0. The van der Waals surface area contributed by atoms with Crippen molar-refractivity contribution < 1.29 is 0 Å². The second-order valence-electron chi connectivity index (χ2n) is 3.92. The summed E-state index contributed by atoms with van der Waals surface area (Å²) in [4.78, 5) is 6.50. The molecule has 0 spiro atoms. The molecular formula is C12H24IN3. The van der Waals surface area contributed by atoms with E-state index in [9.17, 15) is 0 Å². The van der Waals surface area contributed by atoms with E-state index in [2.05, 4.69) is 29.8 Å². The zero-order chi connectivity index (χ0) is 11.1. The van der Waals surface area contributed by atoms with Gasteiger partial charge < -0.3 is 10.6 Å². The smallest absolute Gasteiger partial charge is 0.191 e. The zero-order valence-corrected chi connectivity index (χ0v) is 12.7. The highest BCUT2D eigenvalue weighted by Crippen LogP contribution is 2.20. The zero-order valence-electron chi connectivity index (χ0n) is 10.4. The Labute approximate surface area is 116 Å². The molecule has 0 atom stereocenters. The summed E-state index contributed by atoms with van der Waals surface area (Å²) in [6.45, 7) is 6.92. The van der Waals surface area contributed by atoms with E-state index in [0.29, 0.717) is 5.96 Å². The molecule has 1 rings (SSSR count). The quantitative estimate of drug-likeness (QED) is 0.363. The first-order chi connectivity index (χ1) is 7.27. The third-order valence-corrected chi connectivity index (χ3v) is 2.93. The fourth-order valence-corrected chi connectivity index (χ4v) is 1.93. The van der Waals surface area contributed by atoms with Crippen molar-refractivity contribution in [2.75, 3.05) is 19.6 Å². The molecule has 0 radical (unpaired) electrons. The highest BCUT2D eigenvalue weighted by atomic mass is 127. The van der Waals surface area contributed by atoms with Crippen LogP contribution >= 0.6 is 24.0 Å². The van der Waals surface area contributed by atoms with Gasteiger partial charge >= 0.3 is 0 Å². The van der Waals surface area contributed by atoms with Gasteiger partial charge in [0.15, 0.2) is 5.96 Å². The topological polar surface area (TPSA) is 41.6 Å². The lowest BCUT2D eigenvalue weighted by molar-refractivity contribution is 0.458. The van der Waals surface area contributed by atoms with Crippen LogP contribution in [0, 0.1) is 0 Å². The number of halogens is 1. The molecule has 0 saturated carbocycles. The van der Waals surface area contributed by atoms with E-state index in [-0.39, 0.29) is 24.0 Å². The van der Waals surface area contributed by atoms with Gasteiger partial charge in [-0.1, -0.05) is 11.6 Å². The molecule has 0 amide bonds. The molecule has 4 heteroatoms. The molecule has 0 bridgehead atoms. The molecule has 0 aromatic heterocycles. The van der Waals surface area contributed by atoms with E-state index < -0.39 is 0 Å². The highest BCUT2D eigenvalue weighted by molar-refractivity contribution is 14.0. The largest absolute Gasteiger partial charge is 0.370 e. The lowest BCUT2D eigenvalue weighted by Gasteiger charge is -2.19. The number of nitrogens with two attached hydrogens (primary N) is 1. The predicted octanol–water partition coefficient (Wildman–Crippen LogP) is 2.76. The van der Waals surface area contributed by atoms with Crippen molar-refractivity contribution in [2.24, 2.45) is 10.7 Å². The van der Waals surface area contributed by atoms with Crippen LogP contribution in [0.1, 0.15) is 39.5 Å². The second kappa shape index (κ2) is 8.84. The summed E-state index contributed by atoms with van der Waals surface area (Å²) < 4.78 is 0. The average Bonchev–Trinajstić information content (AvgIpc) is 2.72. The van der Waals surface area contributed by atoms with Gasteiger partial charge in [0.05, 0.1) is 0 Å². The van der Waals surface area contributed by atoms with Crippen LogP contribution in [-0.4, -0.2) is 30.5 Å². The van der Waals surface area contributed by atoms with Crippen molar-refractivity contribution in [2.45, 2.75) is 39.5 Å². The molecule has 94 valence electrons. The van der Waals surface area contributed by atoms with E-state index in [0.717, 1.165) is 26.1 Å². The number of hydrogen-bond donors (Lipinski definition) is 1. The lowest BCUT2D eigenvalue weighted by Crippen LogP contribution is -2.37. The molecule has 0 aliphatic heterocycles. The Hall–Kier alpha value is -0.260. The third-order valence-electron chi connectivity index (χ3n) is 2.93. The summed E-state index contributed by atoms with van der Waals surface area (Å²) in [5.74, 6) is 0.693. The monoisotopic (exact) mass is 337 g/mol. The van der Waals surface area contributed by atoms with Gasteiger partial charge in [0, 0.05) is 19.6 Å². The van der Waals surface area contributed by atoms with E-state index in [1.807, 2.05) is 0 Å². The van der Waals surface area contributed by atoms with Crippen LogP contribution in [0.25, 0.3) is 0 Å². The van der Waals surface area contributed by atoms with Gasteiger partial charge in [-0.2, -0.15) is 0 Å². The van der Waals surface area contributed by atoms with Gasteiger partial charge in [-0.05, 0) is 39.5 Å². The first-order valence-corrected chi connectivity index (χ1v) is 6.00. The fourth-order valence-electron chi connectivity index (χ4n) is 1.93. The first-order valence-electron chi connectivity index (χ1n) is 6.00. The fraction of sp³-hybridized carbons (Fsp3) is 0.750. The minimum absolute atomic E-state index is 0. The van der Waals surface area contributed by atoms with Gasteiger partial charge in [0.1, 0.15) is 0 Å². The van der Waals surface area contributed by atoms with Crippen LogP contribution in [0.2, 0.25) is 0 Å². The standard InChI is InChI=1S/C12H23N3.HI/c1-3-15(4-2)12(13)14-10-9-11-7-5-6-8-11;/h7H,3-6,8-10H2,1-2H3,(H2,13,14);1H. The van der Waals surface area contributed by atoms with Crippen molar-refractivity contribution in [3.63, 3.8) is 0 Å². The number of allylic oxidation sites excluding steroid dienone is 1. The van der Waals surface area contributed by atoms with Gasteiger partial charge in [-0.25, -0.2) is 0 Å². The Balaban J connectivity index is 0.00000225. The first kappa shape index (κ1) is 15.7. The molecule has 1 aliphatic rings. The highest BCUT2D eigenvalue weighted by Gasteiger charge is 2.04. The van der Waals surface area contributed by atoms with Gasteiger partial charge in [0.25, 0.3) is 0 Å². The molecule has 0 heterocycles. The molecule has 0 aromatic rings. The molecule has 3 nitrogen and oxygen atoms in total. The molecule has 1 aliphatic carbocycles.